The Morgan fingerprint density at radius 1 is 1.73 bits per heavy atom. The van der Waals surface area contributed by atoms with Crippen LogP contribution in [-0.4, -0.2) is 40.8 Å². The molecule has 1 unspecified atom stereocenters. The SMILES string of the molecule is COC(=O)C(C)NCCCc1ncn[nH]1. The van der Waals surface area contributed by atoms with Crippen LogP contribution in [0, 0.1) is 0 Å². The van der Waals surface area contributed by atoms with Gasteiger partial charge in [0.25, 0.3) is 0 Å². The third kappa shape index (κ3) is 4.07. The molecule has 0 aliphatic heterocycles. The predicted octanol–water partition coefficient (Wildman–Crippen LogP) is -0.112. The lowest BCUT2D eigenvalue weighted by molar-refractivity contribution is -0.142. The van der Waals surface area contributed by atoms with Crippen LogP contribution >= 0.6 is 0 Å². The zero-order valence-corrected chi connectivity index (χ0v) is 8.99. The molecule has 6 nitrogen and oxygen atoms in total. The van der Waals surface area contributed by atoms with Crippen molar-refractivity contribution in [2.45, 2.75) is 25.8 Å². The van der Waals surface area contributed by atoms with Gasteiger partial charge in [0.05, 0.1) is 7.11 Å². The van der Waals surface area contributed by atoms with Gasteiger partial charge >= 0.3 is 5.97 Å². The number of rotatable bonds is 6. The summed E-state index contributed by atoms with van der Waals surface area (Å²) in [6.07, 6.45) is 3.21. The maximum atomic E-state index is 11.0. The van der Waals surface area contributed by atoms with E-state index in [1.807, 2.05) is 0 Å². The maximum Gasteiger partial charge on any atom is 0.322 e. The fourth-order valence-corrected chi connectivity index (χ4v) is 1.19. The third-order valence-corrected chi connectivity index (χ3v) is 2.06. The van der Waals surface area contributed by atoms with Crippen LogP contribution in [0.15, 0.2) is 6.33 Å². The van der Waals surface area contributed by atoms with Gasteiger partial charge in [0, 0.05) is 6.42 Å². The summed E-state index contributed by atoms with van der Waals surface area (Å²) in [4.78, 5) is 15.0. The zero-order chi connectivity index (χ0) is 11.1. The van der Waals surface area contributed by atoms with E-state index in [0.717, 1.165) is 25.2 Å². The molecule has 1 rings (SSSR count). The van der Waals surface area contributed by atoms with E-state index in [1.54, 1.807) is 6.92 Å². The molecule has 2 N–H and O–H groups in total. The molecule has 1 aromatic rings. The highest BCUT2D eigenvalue weighted by Gasteiger charge is 2.10. The summed E-state index contributed by atoms with van der Waals surface area (Å²) in [5.41, 5.74) is 0. The first kappa shape index (κ1) is 11.6. The Hall–Kier alpha value is -1.43. The number of nitrogens with zero attached hydrogens (tertiary/aromatic N) is 2. The minimum atomic E-state index is -0.260. The normalized spacial score (nSPS) is 12.4. The van der Waals surface area contributed by atoms with Crippen LogP contribution in [0.4, 0.5) is 0 Å². The number of nitrogens with one attached hydrogen (secondary N) is 2. The molecule has 0 saturated heterocycles. The first-order valence-electron chi connectivity index (χ1n) is 4.89. The van der Waals surface area contributed by atoms with Crippen molar-refractivity contribution in [1.82, 2.24) is 20.5 Å². The van der Waals surface area contributed by atoms with E-state index in [1.165, 1.54) is 13.4 Å². The summed E-state index contributed by atoms with van der Waals surface area (Å²) in [5.74, 6) is 0.622. The van der Waals surface area contributed by atoms with Gasteiger partial charge in [-0.2, -0.15) is 5.10 Å². The van der Waals surface area contributed by atoms with Crippen molar-refractivity contribution in [2.75, 3.05) is 13.7 Å². The van der Waals surface area contributed by atoms with Crippen molar-refractivity contribution >= 4 is 5.97 Å². The van der Waals surface area contributed by atoms with Gasteiger partial charge in [-0.15, -0.1) is 0 Å². The molecular formula is C9H16N4O2. The summed E-state index contributed by atoms with van der Waals surface area (Å²) in [7, 11) is 1.38. The van der Waals surface area contributed by atoms with Crippen molar-refractivity contribution in [3.05, 3.63) is 12.2 Å². The minimum Gasteiger partial charge on any atom is -0.468 e. The molecule has 0 aliphatic carbocycles. The second kappa shape index (κ2) is 6.13. The molecule has 0 saturated carbocycles. The van der Waals surface area contributed by atoms with Gasteiger partial charge in [-0.05, 0) is 19.9 Å². The third-order valence-electron chi connectivity index (χ3n) is 2.06. The number of methoxy groups -OCH3 is 1. The number of aromatic nitrogens is 3. The van der Waals surface area contributed by atoms with Crippen molar-refractivity contribution < 1.29 is 9.53 Å². The summed E-state index contributed by atoms with van der Waals surface area (Å²) < 4.78 is 4.58. The van der Waals surface area contributed by atoms with Crippen molar-refractivity contribution in [2.24, 2.45) is 0 Å². The zero-order valence-electron chi connectivity index (χ0n) is 8.99. The molecule has 0 fully saturated rings. The Balaban J connectivity index is 2.09. The molecule has 0 spiro atoms. The Labute approximate surface area is 88.4 Å². The fraction of sp³-hybridized carbons (Fsp3) is 0.667. The Morgan fingerprint density at radius 2 is 2.53 bits per heavy atom. The summed E-state index contributed by atoms with van der Waals surface area (Å²) in [5, 5.41) is 9.58. The summed E-state index contributed by atoms with van der Waals surface area (Å²) in [6, 6.07) is -0.260. The second-order valence-electron chi connectivity index (χ2n) is 3.23. The summed E-state index contributed by atoms with van der Waals surface area (Å²) >= 11 is 0. The molecule has 0 amide bonds. The topological polar surface area (TPSA) is 79.9 Å². The lowest BCUT2D eigenvalue weighted by atomic mass is 10.2. The van der Waals surface area contributed by atoms with Crippen LogP contribution in [0.1, 0.15) is 19.2 Å². The Morgan fingerprint density at radius 3 is 3.13 bits per heavy atom. The smallest absolute Gasteiger partial charge is 0.322 e. The Bertz CT molecular complexity index is 286. The van der Waals surface area contributed by atoms with Gasteiger partial charge < -0.3 is 10.1 Å². The van der Waals surface area contributed by atoms with E-state index in [9.17, 15) is 4.79 Å². The predicted molar refractivity (Wildman–Crippen MR) is 54.2 cm³/mol. The van der Waals surface area contributed by atoms with Gasteiger partial charge in [0.2, 0.25) is 0 Å². The van der Waals surface area contributed by atoms with Gasteiger partial charge in [0.1, 0.15) is 18.2 Å². The average Bonchev–Trinajstić information content (AvgIpc) is 2.75. The average molecular weight is 212 g/mol. The number of hydrogen-bond donors (Lipinski definition) is 2. The van der Waals surface area contributed by atoms with Gasteiger partial charge in [0.15, 0.2) is 0 Å². The van der Waals surface area contributed by atoms with Gasteiger partial charge in [-0.25, -0.2) is 4.98 Å². The van der Waals surface area contributed by atoms with Gasteiger partial charge in [-0.3, -0.25) is 9.89 Å². The molecule has 6 heteroatoms. The highest BCUT2D eigenvalue weighted by atomic mass is 16.5. The van der Waals surface area contributed by atoms with Crippen LogP contribution < -0.4 is 5.32 Å². The first-order valence-corrected chi connectivity index (χ1v) is 4.89. The molecule has 0 aliphatic rings. The van der Waals surface area contributed by atoms with Crippen molar-refractivity contribution in [1.29, 1.82) is 0 Å². The van der Waals surface area contributed by atoms with Crippen LogP contribution in [0.5, 0.6) is 0 Å². The monoisotopic (exact) mass is 212 g/mol. The lowest BCUT2D eigenvalue weighted by Gasteiger charge is -2.10. The van der Waals surface area contributed by atoms with Crippen LogP contribution in [0.25, 0.3) is 0 Å². The van der Waals surface area contributed by atoms with E-state index in [2.05, 4.69) is 25.2 Å². The number of aryl methyl sites for hydroxylation is 1. The first-order chi connectivity index (χ1) is 7.24. The minimum absolute atomic E-state index is 0.241. The molecule has 15 heavy (non-hydrogen) atoms. The van der Waals surface area contributed by atoms with Crippen LogP contribution in [0.3, 0.4) is 0 Å². The number of esters is 1. The van der Waals surface area contributed by atoms with E-state index >= 15 is 0 Å². The number of carbonyl (C=O) groups is 1. The lowest BCUT2D eigenvalue weighted by Crippen LogP contribution is -2.35. The highest BCUT2D eigenvalue weighted by Crippen LogP contribution is 1.93. The Kier molecular flexibility index (Phi) is 4.76. The largest absolute Gasteiger partial charge is 0.468 e. The van der Waals surface area contributed by atoms with Crippen molar-refractivity contribution in [3.63, 3.8) is 0 Å². The van der Waals surface area contributed by atoms with E-state index in [-0.39, 0.29) is 12.0 Å². The molecule has 1 aromatic heterocycles. The number of ether oxygens (including phenoxy) is 1. The summed E-state index contributed by atoms with van der Waals surface area (Å²) in [6.45, 7) is 2.53. The van der Waals surface area contributed by atoms with E-state index in [4.69, 9.17) is 0 Å². The fourth-order valence-electron chi connectivity index (χ4n) is 1.19. The molecule has 1 atom stereocenters. The molecule has 0 bridgehead atoms. The van der Waals surface area contributed by atoms with Gasteiger partial charge in [-0.1, -0.05) is 0 Å². The molecule has 1 heterocycles. The van der Waals surface area contributed by atoms with E-state index < -0.39 is 0 Å². The molecule has 0 aromatic carbocycles. The number of H-pyrrole nitrogens is 1. The quantitative estimate of drug-likeness (QED) is 0.508. The second-order valence-corrected chi connectivity index (χ2v) is 3.23. The molecule has 0 radical (unpaired) electrons. The molecular weight excluding hydrogens is 196 g/mol. The number of carbonyl (C=O) groups excluding carboxylic acids is 1. The number of hydrogen-bond acceptors (Lipinski definition) is 5. The standard InChI is InChI=1S/C9H16N4O2/c1-7(9(14)15-2)10-5-3-4-8-11-6-12-13-8/h6-7,10H,3-5H2,1-2H3,(H,11,12,13). The van der Waals surface area contributed by atoms with E-state index in [0.29, 0.717) is 0 Å². The number of aromatic amines is 1. The van der Waals surface area contributed by atoms with Crippen LogP contribution in [-0.2, 0) is 16.0 Å². The highest BCUT2D eigenvalue weighted by molar-refractivity contribution is 5.74. The molecule has 84 valence electrons. The van der Waals surface area contributed by atoms with Crippen molar-refractivity contribution in [3.8, 4) is 0 Å². The maximum absolute atomic E-state index is 11.0. The van der Waals surface area contributed by atoms with Crippen LogP contribution in [0.2, 0.25) is 0 Å².